The zero-order valence-corrected chi connectivity index (χ0v) is 11.4. The minimum absolute atomic E-state index is 0.163. The summed E-state index contributed by atoms with van der Waals surface area (Å²) in [7, 11) is 0. The van der Waals surface area contributed by atoms with E-state index < -0.39 is 17.8 Å². The summed E-state index contributed by atoms with van der Waals surface area (Å²) < 4.78 is 4.99. The number of carboxylic acid groups (broad SMARTS) is 1. The molecular formula is C10H18BrNO4. The van der Waals surface area contributed by atoms with Crippen LogP contribution in [0.3, 0.4) is 0 Å². The zero-order chi connectivity index (χ0) is 12.8. The Hall–Kier alpha value is -0.780. The summed E-state index contributed by atoms with van der Waals surface area (Å²) in [6.45, 7) is 5.26. The first-order valence-electron chi connectivity index (χ1n) is 5.07. The number of carbonyl (C=O) groups is 2. The van der Waals surface area contributed by atoms with Crippen molar-refractivity contribution in [2.75, 3.05) is 11.9 Å². The van der Waals surface area contributed by atoms with Gasteiger partial charge in [-0.1, -0.05) is 15.9 Å². The molecule has 0 unspecified atom stereocenters. The predicted octanol–water partition coefficient (Wildman–Crippen LogP) is 3.08. The van der Waals surface area contributed by atoms with E-state index >= 15 is 0 Å². The summed E-state index contributed by atoms with van der Waals surface area (Å²) in [4.78, 5) is 23.0. The third-order valence-corrected chi connectivity index (χ3v) is 2.17. The van der Waals surface area contributed by atoms with Gasteiger partial charge in [-0.25, -0.2) is 14.5 Å². The lowest BCUT2D eigenvalue weighted by Gasteiger charge is -2.24. The van der Waals surface area contributed by atoms with Gasteiger partial charge in [-0.05, 0) is 33.6 Å². The lowest BCUT2D eigenvalue weighted by Crippen LogP contribution is -2.40. The number of rotatable bonds is 4. The highest BCUT2D eigenvalue weighted by atomic mass is 79.9. The quantitative estimate of drug-likeness (QED) is 0.639. The van der Waals surface area contributed by atoms with Crippen molar-refractivity contribution in [3.63, 3.8) is 0 Å². The second kappa shape index (κ2) is 6.73. The largest absolute Gasteiger partial charge is 0.465 e. The number of hydrogen-bond donors (Lipinski definition) is 1. The average Bonchev–Trinajstić information content (AvgIpc) is 2.08. The minimum Gasteiger partial charge on any atom is -0.465 e. The summed E-state index contributed by atoms with van der Waals surface area (Å²) in [6.07, 6.45) is -0.651. The third-order valence-electron chi connectivity index (χ3n) is 1.61. The van der Waals surface area contributed by atoms with E-state index in [0.29, 0.717) is 11.3 Å². The molecule has 0 heterocycles. The van der Waals surface area contributed by atoms with Crippen molar-refractivity contribution in [1.29, 1.82) is 0 Å². The number of nitrogens with zero attached hydrogens (tertiary/aromatic N) is 1. The molecule has 0 aliphatic carbocycles. The molecule has 0 aliphatic rings. The Balaban J connectivity index is 4.31. The molecule has 0 atom stereocenters. The number of amides is 2. The van der Waals surface area contributed by atoms with Crippen LogP contribution in [-0.2, 0) is 4.74 Å². The summed E-state index contributed by atoms with van der Waals surface area (Å²) >= 11 is 3.24. The SMILES string of the molecule is CC(C)(C)OC(=O)N(CCCCBr)C(=O)O. The van der Waals surface area contributed by atoms with Crippen LogP contribution in [0, 0.1) is 0 Å². The number of unbranched alkanes of at least 4 members (excludes halogenated alkanes) is 1. The molecule has 0 rings (SSSR count). The first-order chi connectivity index (χ1) is 7.28. The Morgan fingerprint density at radius 3 is 2.25 bits per heavy atom. The molecule has 0 bridgehead atoms. The molecule has 0 saturated carbocycles. The molecule has 94 valence electrons. The summed E-state index contributed by atoms with van der Waals surface area (Å²) in [5, 5.41) is 9.64. The van der Waals surface area contributed by atoms with E-state index in [1.165, 1.54) is 0 Å². The number of imide groups is 1. The van der Waals surface area contributed by atoms with E-state index in [-0.39, 0.29) is 6.54 Å². The molecule has 0 fully saturated rings. The second-order valence-corrected chi connectivity index (χ2v) is 5.10. The van der Waals surface area contributed by atoms with Crippen LogP contribution >= 0.6 is 15.9 Å². The van der Waals surface area contributed by atoms with Gasteiger partial charge >= 0.3 is 12.2 Å². The van der Waals surface area contributed by atoms with Gasteiger partial charge in [-0.15, -0.1) is 0 Å². The van der Waals surface area contributed by atoms with E-state index in [9.17, 15) is 9.59 Å². The molecule has 0 saturated heterocycles. The van der Waals surface area contributed by atoms with E-state index in [2.05, 4.69) is 15.9 Å². The zero-order valence-electron chi connectivity index (χ0n) is 9.83. The average molecular weight is 296 g/mol. The topological polar surface area (TPSA) is 66.8 Å². The standard InChI is InChI=1S/C10H18BrNO4/c1-10(2,3)16-9(15)12(8(13)14)7-5-4-6-11/h4-7H2,1-3H3,(H,13,14). The van der Waals surface area contributed by atoms with Gasteiger partial charge < -0.3 is 9.84 Å². The number of halogens is 1. The van der Waals surface area contributed by atoms with Crippen LogP contribution in [0.25, 0.3) is 0 Å². The molecule has 0 aromatic rings. The molecule has 0 aromatic carbocycles. The molecule has 5 nitrogen and oxygen atoms in total. The molecule has 2 amide bonds. The van der Waals surface area contributed by atoms with Gasteiger partial charge in [0, 0.05) is 11.9 Å². The van der Waals surface area contributed by atoms with Crippen molar-refractivity contribution >= 4 is 28.1 Å². The van der Waals surface area contributed by atoms with Crippen LogP contribution < -0.4 is 0 Å². The Bertz CT molecular complexity index is 250. The van der Waals surface area contributed by atoms with Crippen LogP contribution in [0.5, 0.6) is 0 Å². The van der Waals surface area contributed by atoms with Gasteiger partial charge in [0.2, 0.25) is 0 Å². The van der Waals surface area contributed by atoms with Crippen LogP contribution in [0.15, 0.2) is 0 Å². The maximum atomic E-state index is 11.5. The van der Waals surface area contributed by atoms with Gasteiger partial charge in [-0.3, -0.25) is 0 Å². The van der Waals surface area contributed by atoms with Crippen molar-refractivity contribution in [1.82, 2.24) is 4.90 Å². The van der Waals surface area contributed by atoms with E-state index in [0.717, 1.165) is 11.8 Å². The number of carbonyl (C=O) groups excluding carboxylic acids is 1. The molecule has 0 spiro atoms. The number of hydrogen-bond acceptors (Lipinski definition) is 3. The minimum atomic E-state index is -1.27. The van der Waals surface area contributed by atoms with E-state index in [1.807, 2.05) is 0 Å². The van der Waals surface area contributed by atoms with Crippen molar-refractivity contribution < 1.29 is 19.4 Å². The summed E-state index contributed by atoms with van der Waals surface area (Å²) in [5.74, 6) is 0. The molecule has 0 aromatic heterocycles. The predicted molar refractivity (Wildman–Crippen MR) is 64.0 cm³/mol. The summed E-state index contributed by atoms with van der Waals surface area (Å²) in [6, 6.07) is 0. The molecule has 6 heteroatoms. The van der Waals surface area contributed by atoms with Crippen molar-refractivity contribution in [3.8, 4) is 0 Å². The molecule has 16 heavy (non-hydrogen) atoms. The fourth-order valence-electron chi connectivity index (χ4n) is 0.946. The van der Waals surface area contributed by atoms with E-state index in [1.54, 1.807) is 20.8 Å². The smallest absolute Gasteiger partial charge is 0.419 e. The Labute approximate surface area is 104 Å². The lowest BCUT2D eigenvalue weighted by molar-refractivity contribution is 0.0268. The number of ether oxygens (including phenoxy) is 1. The fourth-order valence-corrected chi connectivity index (χ4v) is 1.34. The monoisotopic (exact) mass is 295 g/mol. The Morgan fingerprint density at radius 2 is 1.88 bits per heavy atom. The molecule has 1 N–H and O–H groups in total. The first kappa shape index (κ1) is 15.2. The van der Waals surface area contributed by atoms with Crippen molar-refractivity contribution in [2.24, 2.45) is 0 Å². The normalized spacial score (nSPS) is 11.0. The van der Waals surface area contributed by atoms with Gasteiger partial charge in [-0.2, -0.15) is 0 Å². The van der Waals surface area contributed by atoms with Crippen molar-refractivity contribution in [2.45, 2.75) is 39.2 Å². The van der Waals surface area contributed by atoms with Gasteiger partial charge in [0.25, 0.3) is 0 Å². The van der Waals surface area contributed by atoms with Gasteiger partial charge in [0.1, 0.15) is 5.60 Å². The Kier molecular flexibility index (Phi) is 6.40. The maximum Gasteiger partial charge on any atom is 0.419 e. The van der Waals surface area contributed by atoms with Crippen LogP contribution in [0.1, 0.15) is 33.6 Å². The highest BCUT2D eigenvalue weighted by Crippen LogP contribution is 2.11. The summed E-state index contributed by atoms with van der Waals surface area (Å²) in [5.41, 5.74) is -0.680. The highest BCUT2D eigenvalue weighted by Gasteiger charge is 2.26. The lowest BCUT2D eigenvalue weighted by atomic mass is 10.2. The molecule has 0 radical (unpaired) electrons. The van der Waals surface area contributed by atoms with Gasteiger partial charge in [0.15, 0.2) is 0 Å². The fraction of sp³-hybridized carbons (Fsp3) is 0.800. The van der Waals surface area contributed by atoms with E-state index in [4.69, 9.17) is 9.84 Å². The second-order valence-electron chi connectivity index (χ2n) is 4.31. The van der Waals surface area contributed by atoms with Gasteiger partial charge in [0.05, 0.1) is 0 Å². The number of alkyl halides is 1. The Morgan fingerprint density at radius 1 is 1.31 bits per heavy atom. The van der Waals surface area contributed by atoms with Crippen molar-refractivity contribution in [3.05, 3.63) is 0 Å². The molecule has 0 aliphatic heterocycles. The van der Waals surface area contributed by atoms with Crippen LogP contribution in [0.4, 0.5) is 9.59 Å². The highest BCUT2D eigenvalue weighted by molar-refractivity contribution is 9.09. The van der Waals surface area contributed by atoms with Crippen LogP contribution in [0.2, 0.25) is 0 Å². The van der Waals surface area contributed by atoms with Crippen LogP contribution in [-0.4, -0.2) is 39.7 Å². The molecular weight excluding hydrogens is 278 g/mol. The first-order valence-corrected chi connectivity index (χ1v) is 6.19. The maximum absolute atomic E-state index is 11.5. The third kappa shape index (κ3) is 6.66.